The van der Waals surface area contributed by atoms with Crippen LogP contribution in [0.3, 0.4) is 0 Å². The molecule has 112 valence electrons. The van der Waals surface area contributed by atoms with Crippen LogP contribution in [0.1, 0.15) is 51.1 Å². The highest BCUT2D eigenvalue weighted by Crippen LogP contribution is 2.36. The van der Waals surface area contributed by atoms with Crippen molar-refractivity contribution in [2.75, 3.05) is 18.8 Å². The average Bonchev–Trinajstić information content (AvgIpc) is 2.49. The Kier molecular flexibility index (Phi) is 4.89. The molecule has 2 rings (SSSR count). The Labute approximate surface area is 126 Å². The van der Waals surface area contributed by atoms with Gasteiger partial charge in [-0.15, -0.1) is 0 Å². The first-order chi connectivity index (χ1) is 9.49. The van der Waals surface area contributed by atoms with Crippen LogP contribution in [-0.2, 0) is 0 Å². The van der Waals surface area contributed by atoms with Gasteiger partial charge < -0.3 is 11.5 Å². The first-order valence-corrected chi connectivity index (χ1v) is 7.78. The van der Waals surface area contributed by atoms with Crippen molar-refractivity contribution in [3.8, 4) is 0 Å². The van der Waals surface area contributed by atoms with Gasteiger partial charge in [0, 0.05) is 17.3 Å². The summed E-state index contributed by atoms with van der Waals surface area (Å²) >= 11 is 6.05. The number of nitrogens with two attached hydrogens (primary N) is 2. The van der Waals surface area contributed by atoms with Gasteiger partial charge in [-0.05, 0) is 45.3 Å². The van der Waals surface area contributed by atoms with Gasteiger partial charge in [0.25, 0.3) is 0 Å². The monoisotopic (exact) mass is 296 g/mol. The van der Waals surface area contributed by atoms with Gasteiger partial charge in [-0.1, -0.05) is 24.9 Å². The van der Waals surface area contributed by atoms with Crippen LogP contribution in [-0.4, -0.2) is 28.5 Å². The molecular weight excluding hydrogens is 272 g/mol. The van der Waals surface area contributed by atoms with Crippen LogP contribution in [0, 0.1) is 0 Å². The van der Waals surface area contributed by atoms with Crippen molar-refractivity contribution in [1.82, 2.24) is 9.88 Å². The summed E-state index contributed by atoms with van der Waals surface area (Å²) in [6, 6.07) is 1.67. The molecule has 2 heterocycles. The minimum Gasteiger partial charge on any atom is -0.383 e. The lowest BCUT2D eigenvalue weighted by molar-refractivity contribution is 0.0544. The summed E-state index contributed by atoms with van der Waals surface area (Å²) in [5.74, 6) is 0.485. The molecule has 4 nitrogen and oxygen atoms in total. The predicted octanol–water partition coefficient (Wildman–Crippen LogP) is 2.97. The standard InChI is InChI=1S/C15H25ClN4/c1-3-15(2,20-7-5-4-6-8-20)13(17)12-9-11(16)10-19-14(12)18/h9-10,13H,3-8,17H2,1-2H3,(H2,18,19). The van der Waals surface area contributed by atoms with Crippen LogP contribution in [0.15, 0.2) is 12.3 Å². The first-order valence-electron chi connectivity index (χ1n) is 7.40. The number of rotatable bonds is 4. The van der Waals surface area contributed by atoms with Gasteiger partial charge >= 0.3 is 0 Å². The van der Waals surface area contributed by atoms with Crippen LogP contribution in [0.5, 0.6) is 0 Å². The quantitative estimate of drug-likeness (QED) is 0.896. The Hall–Kier alpha value is -0.840. The zero-order chi connectivity index (χ0) is 14.8. The molecule has 4 N–H and O–H groups in total. The van der Waals surface area contributed by atoms with Crippen LogP contribution < -0.4 is 11.5 Å². The molecule has 1 saturated heterocycles. The Morgan fingerprint density at radius 1 is 1.40 bits per heavy atom. The zero-order valence-corrected chi connectivity index (χ0v) is 13.2. The molecule has 0 aliphatic carbocycles. The molecule has 0 aromatic carbocycles. The van der Waals surface area contributed by atoms with Gasteiger partial charge in [0.2, 0.25) is 0 Å². The number of pyridine rings is 1. The summed E-state index contributed by atoms with van der Waals surface area (Å²) in [6.45, 7) is 6.61. The third-order valence-corrected chi connectivity index (χ3v) is 4.92. The molecule has 1 fully saturated rings. The molecule has 0 amide bonds. The minimum atomic E-state index is -0.184. The van der Waals surface area contributed by atoms with E-state index in [0.717, 1.165) is 25.1 Å². The Morgan fingerprint density at radius 3 is 2.65 bits per heavy atom. The van der Waals surface area contributed by atoms with Crippen LogP contribution in [0.4, 0.5) is 5.82 Å². The number of nitrogen functional groups attached to an aromatic ring is 1. The molecule has 0 saturated carbocycles. The van der Waals surface area contributed by atoms with E-state index >= 15 is 0 Å². The smallest absolute Gasteiger partial charge is 0.128 e. The van der Waals surface area contributed by atoms with Gasteiger partial charge in [0.1, 0.15) is 5.82 Å². The van der Waals surface area contributed by atoms with E-state index in [0.29, 0.717) is 10.8 Å². The lowest BCUT2D eigenvalue weighted by Crippen LogP contribution is -2.54. The lowest BCUT2D eigenvalue weighted by Gasteiger charge is -2.47. The highest BCUT2D eigenvalue weighted by molar-refractivity contribution is 6.30. The fourth-order valence-electron chi connectivity index (χ4n) is 3.09. The molecule has 1 aromatic rings. The maximum absolute atomic E-state index is 6.56. The van der Waals surface area contributed by atoms with Crippen molar-refractivity contribution in [3.05, 3.63) is 22.8 Å². The Bertz CT molecular complexity index is 459. The Morgan fingerprint density at radius 2 is 2.05 bits per heavy atom. The van der Waals surface area contributed by atoms with Gasteiger partial charge in [0.15, 0.2) is 0 Å². The van der Waals surface area contributed by atoms with E-state index < -0.39 is 0 Å². The third kappa shape index (κ3) is 2.92. The summed E-state index contributed by atoms with van der Waals surface area (Å²) < 4.78 is 0. The third-order valence-electron chi connectivity index (χ3n) is 4.72. The number of nitrogens with zero attached hydrogens (tertiary/aromatic N) is 2. The highest BCUT2D eigenvalue weighted by atomic mass is 35.5. The average molecular weight is 297 g/mol. The number of anilines is 1. The van der Waals surface area contributed by atoms with Gasteiger partial charge in [-0.2, -0.15) is 0 Å². The molecule has 1 aliphatic heterocycles. The van der Waals surface area contributed by atoms with Crippen LogP contribution in [0.25, 0.3) is 0 Å². The van der Waals surface area contributed by atoms with Gasteiger partial charge in [-0.3, -0.25) is 4.90 Å². The van der Waals surface area contributed by atoms with E-state index in [9.17, 15) is 0 Å². The summed E-state index contributed by atoms with van der Waals surface area (Å²) in [7, 11) is 0. The number of hydrogen-bond acceptors (Lipinski definition) is 4. The van der Waals surface area contributed by atoms with E-state index in [1.54, 1.807) is 6.20 Å². The van der Waals surface area contributed by atoms with Crippen LogP contribution in [0.2, 0.25) is 5.02 Å². The number of piperidine rings is 1. The molecule has 20 heavy (non-hydrogen) atoms. The number of likely N-dealkylation sites (tertiary alicyclic amines) is 1. The SMILES string of the molecule is CCC(C)(C(N)c1cc(Cl)cnc1N)N1CCCCC1. The second kappa shape index (κ2) is 6.29. The normalized spacial score (nSPS) is 21.4. The lowest BCUT2D eigenvalue weighted by atomic mass is 9.82. The molecule has 0 bridgehead atoms. The molecule has 0 radical (unpaired) electrons. The second-order valence-electron chi connectivity index (χ2n) is 5.86. The minimum absolute atomic E-state index is 0.110. The van der Waals surface area contributed by atoms with E-state index in [1.165, 1.54) is 19.3 Å². The molecule has 1 aromatic heterocycles. The topological polar surface area (TPSA) is 68.2 Å². The molecule has 5 heteroatoms. The zero-order valence-electron chi connectivity index (χ0n) is 12.4. The summed E-state index contributed by atoms with van der Waals surface area (Å²) in [6.07, 6.45) is 6.33. The number of aromatic nitrogens is 1. The first kappa shape index (κ1) is 15.5. The van der Waals surface area contributed by atoms with E-state index in [4.69, 9.17) is 23.1 Å². The largest absolute Gasteiger partial charge is 0.383 e. The van der Waals surface area contributed by atoms with Crippen molar-refractivity contribution in [1.29, 1.82) is 0 Å². The fraction of sp³-hybridized carbons (Fsp3) is 0.667. The van der Waals surface area contributed by atoms with E-state index in [1.807, 2.05) is 6.07 Å². The summed E-state index contributed by atoms with van der Waals surface area (Å²) in [5, 5.41) is 0.585. The van der Waals surface area contributed by atoms with Crippen molar-refractivity contribution in [2.24, 2.45) is 5.73 Å². The maximum Gasteiger partial charge on any atom is 0.128 e. The number of halogens is 1. The Balaban J connectivity index is 2.31. The van der Waals surface area contributed by atoms with Crippen molar-refractivity contribution >= 4 is 17.4 Å². The molecule has 0 spiro atoms. The van der Waals surface area contributed by atoms with E-state index in [-0.39, 0.29) is 11.6 Å². The van der Waals surface area contributed by atoms with Crippen LogP contribution >= 0.6 is 11.6 Å². The molecular formula is C15H25ClN4. The predicted molar refractivity (Wildman–Crippen MR) is 84.7 cm³/mol. The fourth-order valence-corrected chi connectivity index (χ4v) is 3.26. The second-order valence-corrected chi connectivity index (χ2v) is 6.30. The van der Waals surface area contributed by atoms with Gasteiger partial charge in [0.05, 0.1) is 11.1 Å². The number of hydrogen-bond donors (Lipinski definition) is 2. The van der Waals surface area contributed by atoms with E-state index in [2.05, 4.69) is 23.7 Å². The highest BCUT2D eigenvalue weighted by Gasteiger charge is 2.38. The van der Waals surface area contributed by atoms with Gasteiger partial charge in [-0.25, -0.2) is 4.98 Å². The maximum atomic E-state index is 6.56. The summed E-state index contributed by atoms with van der Waals surface area (Å²) in [4.78, 5) is 6.64. The molecule has 1 aliphatic rings. The van der Waals surface area contributed by atoms with Crippen molar-refractivity contribution < 1.29 is 0 Å². The van der Waals surface area contributed by atoms with Crippen molar-refractivity contribution in [2.45, 2.75) is 51.1 Å². The van der Waals surface area contributed by atoms with Crippen molar-refractivity contribution in [3.63, 3.8) is 0 Å². The summed E-state index contributed by atoms with van der Waals surface area (Å²) in [5.41, 5.74) is 13.3. The molecule has 2 unspecified atom stereocenters. The molecule has 2 atom stereocenters.